The van der Waals surface area contributed by atoms with Crippen LogP contribution in [0.4, 0.5) is 9.18 Å². The van der Waals surface area contributed by atoms with Crippen molar-refractivity contribution in [3.63, 3.8) is 0 Å². The van der Waals surface area contributed by atoms with E-state index in [2.05, 4.69) is 34.6 Å². The number of aldehydes is 1. The summed E-state index contributed by atoms with van der Waals surface area (Å²) in [6.45, 7) is 3.35. The van der Waals surface area contributed by atoms with Crippen LogP contribution in [0.1, 0.15) is 47.9 Å². The highest BCUT2D eigenvalue weighted by atomic mass is 35.5. The number of nitrogens with one attached hydrogen (secondary N) is 1. The van der Waals surface area contributed by atoms with E-state index in [1.807, 2.05) is 78.9 Å². The second kappa shape index (κ2) is 18.3. The molecule has 0 bridgehead atoms. The van der Waals surface area contributed by atoms with Crippen molar-refractivity contribution in [3.8, 4) is 0 Å². The summed E-state index contributed by atoms with van der Waals surface area (Å²) in [5, 5.41) is 1.27. The predicted molar refractivity (Wildman–Crippen MR) is 187 cm³/mol. The lowest BCUT2D eigenvalue weighted by Crippen LogP contribution is -2.51. The van der Waals surface area contributed by atoms with E-state index in [0.29, 0.717) is 18.7 Å². The lowest BCUT2D eigenvalue weighted by atomic mass is 9.71. The number of halogens is 2. The molecule has 47 heavy (non-hydrogen) atoms. The zero-order chi connectivity index (χ0) is 32.0. The van der Waals surface area contributed by atoms with E-state index in [-0.39, 0.29) is 31.4 Å². The van der Waals surface area contributed by atoms with E-state index in [1.54, 1.807) is 12.1 Å². The fourth-order valence-corrected chi connectivity index (χ4v) is 6.56. The minimum Gasteiger partial charge on any atom is -0.444 e. The van der Waals surface area contributed by atoms with Crippen LogP contribution < -0.4 is 5.43 Å². The monoisotopic (exact) mass is 657 g/mol. The summed E-state index contributed by atoms with van der Waals surface area (Å²) in [6, 6.07) is 37.4. The molecule has 4 aromatic carbocycles. The number of hydrogen-bond donors (Lipinski definition) is 1. The number of hydrogen-bond acceptors (Lipinski definition) is 5. The molecule has 1 N–H and O–H groups in total. The fourth-order valence-electron chi connectivity index (χ4n) is 6.56. The Kier molecular flexibility index (Phi) is 14.0. The molecule has 0 spiro atoms. The maximum atomic E-state index is 14.2. The summed E-state index contributed by atoms with van der Waals surface area (Å²) < 4.78 is 19.8. The van der Waals surface area contributed by atoms with E-state index in [0.717, 1.165) is 74.0 Å². The second-order valence-corrected chi connectivity index (χ2v) is 12.2. The van der Waals surface area contributed by atoms with Crippen LogP contribution in [0.5, 0.6) is 0 Å². The number of nitrogens with zero attached hydrogens (tertiary/aromatic N) is 2. The molecule has 5 rings (SSSR count). The van der Waals surface area contributed by atoms with Gasteiger partial charge in [-0.05, 0) is 86.0 Å². The molecule has 1 aliphatic rings. The van der Waals surface area contributed by atoms with Crippen molar-refractivity contribution < 1.29 is 18.7 Å². The van der Waals surface area contributed by atoms with Crippen molar-refractivity contribution in [1.29, 1.82) is 0 Å². The van der Waals surface area contributed by atoms with Gasteiger partial charge in [0, 0.05) is 12.0 Å². The molecule has 0 aromatic heterocycles. The van der Waals surface area contributed by atoms with E-state index < -0.39 is 11.5 Å². The highest BCUT2D eigenvalue weighted by Gasteiger charge is 2.35. The largest absolute Gasteiger partial charge is 0.444 e. The maximum Gasteiger partial charge on any atom is 0.424 e. The van der Waals surface area contributed by atoms with Gasteiger partial charge in [0.1, 0.15) is 18.7 Å². The number of piperidine rings is 1. The van der Waals surface area contributed by atoms with Crippen LogP contribution in [0.2, 0.25) is 0 Å². The molecule has 0 aliphatic carbocycles. The van der Waals surface area contributed by atoms with Gasteiger partial charge in [0.05, 0.1) is 6.54 Å². The minimum absolute atomic E-state index is 0. The third-order valence-electron chi connectivity index (χ3n) is 9.16. The topological polar surface area (TPSA) is 61.9 Å². The number of rotatable bonds is 15. The van der Waals surface area contributed by atoms with Crippen LogP contribution in [-0.4, -0.2) is 55.0 Å². The zero-order valence-electron chi connectivity index (χ0n) is 26.8. The van der Waals surface area contributed by atoms with Crippen molar-refractivity contribution in [2.24, 2.45) is 5.92 Å². The Bertz CT molecular complexity index is 1460. The summed E-state index contributed by atoms with van der Waals surface area (Å²) >= 11 is 0. The molecule has 0 radical (unpaired) electrons. The Balaban J connectivity index is 0.00000500. The minimum atomic E-state index is -0.593. The van der Waals surface area contributed by atoms with E-state index in [4.69, 9.17) is 4.74 Å². The molecule has 8 heteroatoms. The Morgan fingerprint density at radius 3 is 2.04 bits per heavy atom. The average molecular weight is 658 g/mol. The van der Waals surface area contributed by atoms with Crippen molar-refractivity contribution in [2.75, 3.05) is 32.7 Å². The van der Waals surface area contributed by atoms with E-state index >= 15 is 0 Å². The fraction of sp³-hybridized carbons (Fsp3) is 0.333. The van der Waals surface area contributed by atoms with E-state index in [9.17, 15) is 14.0 Å². The summed E-state index contributed by atoms with van der Waals surface area (Å²) in [7, 11) is 0. The molecule has 1 fully saturated rings. The zero-order valence-corrected chi connectivity index (χ0v) is 27.6. The van der Waals surface area contributed by atoms with Crippen LogP contribution in [0.3, 0.4) is 0 Å². The molecular weight excluding hydrogens is 613 g/mol. The van der Waals surface area contributed by atoms with Crippen LogP contribution in [0.15, 0.2) is 115 Å². The summed E-state index contributed by atoms with van der Waals surface area (Å²) in [4.78, 5) is 27.3. The normalized spacial score (nSPS) is 13.8. The quantitative estimate of drug-likeness (QED) is 0.105. The van der Waals surface area contributed by atoms with Crippen LogP contribution in [0.25, 0.3) is 0 Å². The number of hydrazine groups is 1. The molecule has 248 valence electrons. The van der Waals surface area contributed by atoms with Crippen LogP contribution in [0, 0.1) is 11.7 Å². The first-order chi connectivity index (χ1) is 22.6. The van der Waals surface area contributed by atoms with Gasteiger partial charge in [-0.1, -0.05) is 109 Å². The third kappa shape index (κ3) is 9.97. The van der Waals surface area contributed by atoms with Gasteiger partial charge >= 0.3 is 6.09 Å². The van der Waals surface area contributed by atoms with Crippen molar-refractivity contribution >= 4 is 24.8 Å². The first kappa shape index (κ1) is 35.8. The highest BCUT2D eigenvalue weighted by molar-refractivity contribution is 5.85. The van der Waals surface area contributed by atoms with E-state index in [1.165, 1.54) is 5.01 Å². The van der Waals surface area contributed by atoms with Gasteiger partial charge in [-0.25, -0.2) is 19.6 Å². The van der Waals surface area contributed by atoms with Gasteiger partial charge in [-0.2, -0.15) is 0 Å². The Morgan fingerprint density at radius 2 is 1.45 bits per heavy atom. The predicted octanol–water partition coefficient (Wildman–Crippen LogP) is 7.61. The van der Waals surface area contributed by atoms with Gasteiger partial charge in [0.2, 0.25) is 0 Å². The molecule has 0 unspecified atom stereocenters. The standard InChI is InChI=1S/C39H44FN3O3.ClH/c40-37-20-11-10-15-34(37)29-32-21-25-42(26-22-32)24-12-23-39(35-16-6-2-7-17-35,36-18-8-3-9-19-36)31-41-43(27-28-44)38(45)46-30-33-13-4-1-5-14-33;/h1-11,13-20,28,32,41H,12,21-27,29-31H2;1H. The number of carbonyl (C=O) groups is 2. The third-order valence-corrected chi connectivity index (χ3v) is 9.16. The first-order valence-electron chi connectivity index (χ1n) is 16.3. The number of amides is 1. The number of benzene rings is 4. The van der Waals surface area contributed by atoms with Crippen LogP contribution in [-0.2, 0) is 28.0 Å². The molecule has 1 heterocycles. The van der Waals surface area contributed by atoms with Crippen molar-refractivity contribution in [1.82, 2.24) is 15.3 Å². The van der Waals surface area contributed by atoms with Crippen LogP contribution >= 0.6 is 12.4 Å². The second-order valence-electron chi connectivity index (χ2n) is 12.2. The Labute approximate surface area is 284 Å². The molecule has 0 atom stereocenters. The number of likely N-dealkylation sites (tertiary alicyclic amines) is 1. The first-order valence-corrected chi connectivity index (χ1v) is 16.3. The maximum absolute atomic E-state index is 14.2. The summed E-state index contributed by atoms with van der Waals surface area (Å²) in [5.41, 5.74) is 6.81. The average Bonchev–Trinajstić information content (AvgIpc) is 3.11. The molecule has 1 aliphatic heterocycles. The Hall–Kier alpha value is -4.04. The molecular formula is C39H45ClFN3O3. The Morgan fingerprint density at radius 1 is 0.872 bits per heavy atom. The molecule has 6 nitrogen and oxygen atoms in total. The number of ether oxygens (including phenoxy) is 1. The molecule has 1 saturated heterocycles. The summed E-state index contributed by atoms with van der Waals surface area (Å²) in [5.74, 6) is 0.392. The highest BCUT2D eigenvalue weighted by Crippen LogP contribution is 2.37. The lowest BCUT2D eigenvalue weighted by molar-refractivity contribution is -0.109. The molecule has 4 aromatic rings. The van der Waals surface area contributed by atoms with Crippen molar-refractivity contribution in [3.05, 3.63) is 143 Å². The lowest BCUT2D eigenvalue weighted by Gasteiger charge is -2.38. The molecule has 0 saturated carbocycles. The van der Waals surface area contributed by atoms with Gasteiger partial charge in [-0.3, -0.25) is 0 Å². The van der Waals surface area contributed by atoms with Gasteiger partial charge in [0.15, 0.2) is 0 Å². The van der Waals surface area contributed by atoms with Crippen molar-refractivity contribution in [2.45, 2.75) is 44.1 Å². The summed E-state index contributed by atoms with van der Waals surface area (Å²) in [6.07, 6.45) is 4.80. The SMILES string of the molecule is Cl.O=CCN(NCC(CCCN1CCC(Cc2ccccc2F)CC1)(c1ccccc1)c1ccccc1)C(=O)OCc1ccccc1. The molecule has 1 amide bonds. The van der Waals surface area contributed by atoms with Gasteiger partial charge < -0.3 is 14.4 Å². The number of carbonyl (C=O) groups excluding carboxylic acids is 2. The smallest absolute Gasteiger partial charge is 0.424 e. The van der Waals surface area contributed by atoms with Gasteiger partial charge in [-0.15, -0.1) is 12.4 Å². The van der Waals surface area contributed by atoms with Gasteiger partial charge in [0.25, 0.3) is 0 Å².